The largest absolute Gasteiger partial charge is 0.313 e. The molecule has 0 aromatic heterocycles. The van der Waals surface area contributed by atoms with E-state index in [0.717, 1.165) is 18.4 Å². The predicted octanol–water partition coefficient (Wildman–Crippen LogP) is 2.36. The number of hydrogen-bond donors (Lipinski definition) is 1. The maximum atomic E-state index is 9.40. The van der Waals surface area contributed by atoms with E-state index >= 15 is 0 Å². The molecule has 1 saturated carbocycles. The topological polar surface area (TPSA) is 59.6 Å². The van der Waals surface area contributed by atoms with E-state index in [-0.39, 0.29) is 11.3 Å². The lowest BCUT2D eigenvalue weighted by Crippen LogP contribution is -2.51. The molecule has 1 atom stereocenters. The first kappa shape index (κ1) is 12.6. The fraction of sp³-hybridized carbons (Fsp3) is 0.467. The highest BCUT2D eigenvalue weighted by molar-refractivity contribution is 5.36. The molecule has 0 spiro atoms. The number of nitrogens with one attached hydrogen (secondary N) is 1. The molecule has 1 aliphatic carbocycles. The number of nitrogens with zero attached hydrogens (tertiary/aromatic N) is 2. The van der Waals surface area contributed by atoms with Gasteiger partial charge in [-0.2, -0.15) is 10.5 Å². The molecule has 1 fully saturated rings. The Kier molecular flexibility index (Phi) is 3.65. The third-order valence-corrected chi connectivity index (χ3v) is 3.66. The molecular weight excluding hydrogens is 222 g/mol. The first-order valence-corrected chi connectivity index (χ1v) is 6.30. The summed E-state index contributed by atoms with van der Waals surface area (Å²) in [5, 5.41) is 21.5. The van der Waals surface area contributed by atoms with Gasteiger partial charge in [-0.15, -0.1) is 0 Å². The molecule has 18 heavy (non-hydrogen) atoms. The Hall–Kier alpha value is -1.84. The molecule has 1 N–H and O–H groups in total. The van der Waals surface area contributed by atoms with Crippen LogP contribution in [-0.2, 0) is 5.41 Å². The van der Waals surface area contributed by atoms with E-state index < -0.39 is 0 Å². The second kappa shape index (κ2) is 5.21. The van der Waals surface area contributed by atoms with Gasteiger partial charge in [0.25, 0.3) is 0 Å². The van der Waals surface area contributed by atoms with Crippen LogP contribution >= 0.6 is 0 Å². The smallest absolute Gasteiger partial charge is 0.0852 e. The van der Waals surface area contributed by atoms with Crippen molar-refractivity contribution in [3.63, 3.8) is 0 Å². The highest BCUT2D eigenvalue weighted by Crippen LogP contribution is 2.43. The number of hydrogen-bond acceptors (Lipinski definition) is 3. The average molecular weight is 239 g/mol. The Bertz CT molecular complexity index is 475. The summed E-state index contributed by atoms with van der Waals surface area (Å²) in [4.78, 5) is 0. The van der Waals surface area contributed by atoms with Gasteiger partial charge < -0.3 is 5.32 Å². The third-order valence-electron chi connectivity index (χ3n) is 3.66. The number of nitriles is 2. The number of benzene rings is 1. The van der Waals surface area contributed by atoms with Crippen molar-refractivity contribution in [3.05, 3.63) is 35.9 Å². The molecule has 0 saturated heterocycles. The summed E-state index contributed by atoms with van der Waals surface area (Å²) in [6.45, 7) is 2.61. The molecule has 1 aromatic carbocycles. The molecule has 1 unspecified atom stereocenters. The summed E-state index contributed by atoms with van der Waals surface area (Å²) in [6, 6.07) is 15.0. The van der Waals surface area contributed by atoms with Crippen molar-refractivity contribution >= 4 is 0 Å². The molecule has 0 amide bonds. The average Bonchev–Trinajstić information content (AvgIpc) is 2.38. The number of rotatable bonds is 4. The fourth-order valence-electron chi connectivity index (χ4n) is 2.46. The van der Waals surface area contributed by atoms with Crippen molar-refractivity contribution in [1.29, 1.82) is 10.5 Å². The molecule has 1 aliphatic rings. The van der Waals surface area contributed by atoms with E-state index in [0.29, 0.717) is 12.6 Å². The summed E-state index contributed by atoms with van der Waals surface area (Å²) in [6.07, 6.45) is 1.68. The summed E-state index contributed by atoms with van der Waals surface area (Å²) in [5.41, 5.74) is 0.785. The van der Waals surface area contributed by atoms with Crippen LogP contribution in [0, 0.1) is 28.6 Å². The minimum Gasteiger partial charge on any atom is -0.313 e. The molecular formula is C15H17N3. The zero-order valence-corrected chi connectivity index (χ0v) is 10.6. The molecule has 3 nitrogen and oxygen atoms in total. The lowest BCUT2D eigenvalue weighted by molar-refractivity contribution is 0.224. The molecule has 0 bridgehead atoms. The molecule has 2 rings (SSSR count). The fourth-order valence-corrected chi connectivity index (χ4v) is 2.46. The minimum absolute atomic E-state index is 0.0267. The van der Waals surface area contributed by atoms with Crippen molar-refractivity contribution in [2.24, 2.45) is 5.92 Å². The van der Waals surface area contributed by atoms with Gasteiger partial charge in [-0.25, -0.2) is 0 Å². The summed E-state index contributed by atoms with van der Waals surface area (Å²) >= 11 is 0. The quantitative estimate of drug-likeness (QED) is 0.877. The maximum absolute atomic E-state index is 9.40. The molecule has 0 aliphatic heterocycles. The molecule has 0 heterocycles. The van der Waals surface area contributed by atoms with Gasteiger partial charge in [0.05, 0.1) is 23.5 Å². The van der Waals surface area contributed by atoms with Gasteiger partial charge in [0.15, 0.2) is 0 Å². The monoisotopic (exact) mass is 239 g/mol. The minimum atomic E-state index is -0.325. The maximum Gasteiger partial charge on any atom is 0.0852 e. The van der Waals surface area contributed by atoms with Crippen LogP contribution in [-0.4, -0.2) is 12.6 Å². The van der Waals surface area contributed by atoms with Gasteiger partial charge in [0, 0.05) is 12.6 Å². The van der Waals surface area contributed by atoms with Crippen molar-refractivity contribution in [2.45, 2.75) is 31.2 Å². The third kappa shape index (κ3) is 2.37. The molecule has 92 valence electrons. The Balaban J connectivity index is 1.93. The van der Waals surface area contributed by atoms with Crippen LogP contribution in [0.3, 0.4) is 0 Å². The summed E-state index contributed by atoms with van der Waals surface area (Å²) in [5.74, 6) is 0.0267. The Morgan fingerprint density at radius 1 is 1.33 bits per heavy atom. The zero-order valence-electron chi connectivity index (χ0n) is 10.6. The standard InChI is InChI=1S/C15H17N3/c1-12(9-16)10-18-14-7-15(8-14,11-17)13-5-3-2-4-6-13/h2-6,12,14,18H,7-8,10H2,1H3. The van der Waals surface area contributed by atoms with E-state index in [1.54, 1.807) is 0 Å². The van der Waals surface area contributed by atoms with Crippen LogP contribution in [0.15, 0.2) is 30.3 Å². The van der Waals surface area contributed by atoms with Crippen LogP contribution < -0.4 is 5.32 Å². The first-order valence-electron chi connectivity index (χ1n) is 6.30. The lowest BCUT2D eigenvalue weighted by Gasteiger charge is -2.43. The second-order valence-electron chi connectivity index (χ2n) is 5.10. The van der Waals surface area contributed by atoms with Gasteiger partial charge in [-0.3, -0.25) is 0 Å². The van der Waals surface area contributed by atoms with Gasteiger partial charge in [0.1, 0.15) is 0 Å². The van der Waals surface area contributed by atoms with E-state index in [1.807, 2.05) is 37.3 Å². The van der Waals surface area contributed by atoms with Gasteiger partial charge >= 0.3 is 0 Å². The van der Waals surface area contributed by atoms with Crippen LogP contribution in [0.4, 0.5) is 0 Å². The zero-order chi connectivity index (χ0) is 13.0. The van der Waals surface area contributed by atoms with Gasteiger partial charge in [-0.05, 0) is 25.3 Å². The van der Waals surface area contributed by atoms with Crippen molar-refractivity contribution < 1.29 is 0 Å². The lowest BCUT2D eigenvalue weighted by atomic mass is 9.62. The first-order chi connectivity index (χ1) is 8.70. The van der Waals surface area contributed by atoms with Crippen LogP contribution in [0.2, 0.25) is 0 Å². The van der Waals surface area contributed by atoms with Gasteiger partial charge in [0.2, 0.25) is 0 Å². The van der Waals surface area contributed by atoms with Crippen LogP contribution in [0.5, 0.6) is 0 Å². The Morgan fingerprint density at radius 3 is 2.56 bits per heavy atom. The van der Waals surface area contributed by atoms with E-state index in [2.05, 4.69) is 17.5 Å². The molecule has 0 radical (unpaired) electrons. The van der Waals surface area contributed by atoms with Crippen LogP contribution in [0.25, 0.3) is 0 Å². The predicted molar refractivity (Wildman–Crippen MR) is 69.5 cm³/mol. The molecule has 1 aromatic rings. The Morgan fingerprint density at radius 2 is 2.00 bits per heavy atom. The SMILES string of the molecule is CC(C#N)CNC1CC(C#N)(c2ccccc2)C1. The van der Waals surface area contributed by atoms with E-state index in [1.165, 1.54) is 0 Å². The van der Waals surface area contributed by atoms with Crippen molar-refractivity contribution in [3.8, 4) is 12.1 Å². The second-order valence-corrected chi connectivity index (χ2v) is 5.10. The van der Waals surface area contributed by atoms with E-state index in [4.69, 9.17) is 5.26 Å². The highest BCUT2D eigenvalue weighted by atomic mass is 14.9. The summed E-state index contributed by atoms with van der Waals surface area (Å²) < 4.78 is 0. The Labute approximate surface area is 108 Å². The highest BCUT2D eigenvalue weighted by Gasteiger charge is 2.45. The summed E-state index contributed by atoms with van der Waals surface area (Å²) in [7, 11) is 0. The van der Waals surface area contributed by atoms with Gasteiger partial charge in [-0.1, -0.05) is 30.3 Å². The van der Waals surface area contributed by atoms with E-state index in [9.17, 15) is 5.26 Å². The normalized spacial score (nSPS) is 27.6. The van der Waals surface area contributed by atoms with Crippen LogP contribution in [0.1, 0.15) is 25.3 Å². The molecule has 3 heteroatoms. The van der Waals surface area contributed by atoms with Crippen molar-refractivity contribution in [2.75, 3.05) is 6.54 Å². The van der Waals surface area contributed by atoms with Crippen molar-refractivity contribution in [1.82, 2.24) is 5.32 Å².